The summed E-state index contributed by atoms with van der Waals surface area (Å²) in [5, 5.41) is 12.0. The predicted molar refractivity (Wildman–Crippen MR) is 61.4 cm³/mol. The van der Waals surface area contributed by atoms with Gasteiger partial charge in [0, 0.05) is 0 Å². The second kappa shape index (κ2) is 5.71. The van der Waals surface area contributed by atoms with Crippen LogP contribution in [0.2, 0.25) is 0 Å². The van der Waals surface area contributed by atoms with E-state index in [1.54, 1.807) is 0 Å². The van der Waals surface area contributed by atoms with Crippen LogP contribution in [-0.4, -0.2) is 23.7 Å². The third-order valence-corrected chi connectivity index (χ3v) is 3.78. The van der Waals surface area contributed by atoms with Crippen molar-refractivity contribution in [1.82, 2.24) is 5.32 Å². The van der Waals surface area contributed by atoms with Gasteiger partial charge in [0.05, 0.1) is 0 Å². The van der Waals surface area contributed by atoms with Gasteiger partial charge in [-0.25, -0.2) is 0 Å². The molecule has 4 heteroatoms. The van der Waals surface area contributed by atoms with Crippen molar-refractivity contribution < 1.29 is 9.90 Å². The zero-order valence-electron chi connectivity index (χ0n) is 8.95. The molecule has 1 aliphatic heterocycles. The average Bonchev–Trinajstić information content (AvgIpc) is 2.68. The van der Waals surface area contributed by atoms with Crippen LogP contribution in [-0.2, 0) is 4.79 Å². The van der Waals surface area contributed by atoms with Gasteiger partial charge in [-0.1, -0.05) is 32.1 Å². The quantitative estimate of drug-likeness (QED) is 0.768. The van der Waals surface area contributed by atoms with Crippen LogP contribution in [0, 0.1) is 11.8 Å². The van der Waals surface area contributed by atoms with E-state index in [1.165, 1.54) is 32.1 Å². The van der Waals surface area contributed by atoms with E-state index in [2.05, 4.69) is 5.32 Å². The molecule has 88 valence electrons. The van der Waals surface area contributed by atoms with Crippen LogP contribution in [0.3, 0.4) is 0 Å². The molecule has 2 fully saturated rings. The first-order chi connectivity index (χ1) is 6.77. The molecule has 3 nitrogen and oxygen atoms in total. The second-order valence-corrected chi connectivity index (χ2v) is 4.69. The van der Waals surface area contributed by atoms with Crippen LogP contribution >= 0.6 is 12.4 Å². The van der Waals surface area contributed by atoms with E-state index >= 15 is 0 Å². The van der Waals surface area contributed by atoms with Gasteiger partial charge < -0.3 is 10.4 Å². The van der Waals surface area contributed by atoms with Crippen molar-refractivity contribution in [2.75, 3.05) is 6.54 Å². The summed E-state index contributed by atoms with van der Waals surface area (Å²) in [5.74, 6) is 0.736. The van der Waals surface area contributed by atoms with Crippen molar-refractivity contribution in [2.45, 2.75) is 44.6 Å². The molecule has 1 saturated heterocycles. The maximum Gasteiger partial charge on any atom is 0.320 e. The van der Waals surface area contributed by atoms with Crippen LogP contribution < -0.4 is 5.32 Å². The van der Waals surface area contributed by atoms with Crippen LogP contribution in [0.5, 0.6) is 0 Å². The number of halogens is 1. The monoisotopic (exact) mass is 233 g/mol. The molecule has 0 aromatic rings. The zero-order valence-corrected chi connectivity index (χ0v) is 9.76. The molecule has 2 N–H and O–H groups in total. The molecule has 0 amide bonds. The Bertz CT molecular complexity index is 217. The van der Waals surface area contributed by atoms with Crippen molar-refractivity contribution in [3.63, 3.8) is 0 Å². The minimum atomic E-state index is -0.677. The zero-order chi connectivity index (χ0) is 9.97. The van der Waals surface area contributed by atoms with Gasteiger partial charge in [0.1, 0.15) is 6.04 Å². The van der Waals surface area contributed by atoms with E-state index in [-0.39, 0.29) is 18.4 Å². The molecule has 15 heavy (non-hydrogen) atoms. The molecule has 2 unspecified atom stereocenters. The number of carbonyl (C=O) groups is 1. The lowest BCUT2D eigenvalue weighted by molar-refractivity contribution is -0.139. The summed E-state index contributed by atoms with van der Waals surface area (Å²) in [6, 6.07) is -0.276. The Kier molecular flexibility index (Phi) is 4.87. The molecular weight excluding hydrogens is 214 g/mol. The third kappa shape index (κ3) is 3.08. The molecule has 0 bridgehead atoms. The maximum atomic E-state index is 10.8. The fourth-order valence-corrected chi connectivity index (χ4v) is 2.92. The molecule has 0 aromatic heterocycles. The summed E-state index contributed by atoms with van der Waals surface area (Å²) in [5.41, 5.74) is 0. The number of aliphatic carboxylic acids is 1. The molecule has 0 aromatic carbocycles. The molecule has 0 spiro atoms. The van der Waals surface area contributed by atoms with Crippen molar-refractivity contribution in [3.8, 4) is 0 Å². The van der Waals surface area contributed by atoms with E-state index in [9.17, 15) is 4.79 Å². The summed E-state index contributed by atoms with van der Waals surface area (Å²) >= 11 is 0. The third-order valence-electron chi connectivity index (χ3n) is 3.78. The summed E-state index contributed by atoms with van der Waals surface area (Å²) in [6.07, 6.45) is 7.55. The molecule has 2 aliphatic rings. The summed E-state index contributed by atoms with van der Waals surface area (Å²) < 4.78 is 0. The Labute approximate surface area is 97.0 Å². The summed E-state index contributed by atoms with van der Waals surface area (Å²) in [6.45, 7) is 0.918. The van der Waals surface area contributed by atoms with Gasteiger partial charge in [-0.15, -0.1) is 12.4 Å². The van der Waals surface area contributed by atoms with Crippen LogP contribution in [0.25, 0.3) is 0 Å². The van der Waals surface area contributed by atoms with E-state index in [0.717, 1.165) is 18.9 Å². The first kappa shape index (κ1) is 12.8. The Morgan fingerprint density at radius 1 is 1.13 bits per heavy atom. The van der Waals surface area contributed by atoms with E-state index in [1.807, 2.05) is 0 Å². The van der Waals surface area contributed by atoms with Gasteiger partial charge in [0.25, 0.3) is 0 Å². The normalized spacial score (nSPS) is 32.3. The topological polar surface area (TPSA) is 49.3 Å². The number of nitrogens with one attached hydrogen (secondary N) is 1. The van der Waals surface area contributed by atoms with Crippen molar-refractivity contribution in [3.05, 3.63) is 0 Å². The van der Waals surface area contributed by atoms with Crippen LogP contribution in [0.15, 0.2) is 0 Å². The first-order valence-corrected chi connectivity index (χ1v) is 5.73. The molecule has 2 rings (SSSR count). The average molecular weight is 234 g/mol. The van der Waals surface area contributed by atoms with Crippen LogP contribution in [0.4, 0.5) is 0 Å². The highest BCUT2D eigenvalue weighted by Crippen LogP contribution is 2.34. The minimum Gasteiger partial charge on any atom is -0.480 e. The highest BCUT2D eigenvalue weighted by Gasteiger charge is 2.34. The highest BCUT2D eigenvalue weighted by molar-refractivity contribution is 5.85. The molecule has 1 aliphatic carbocycles. The fourth-order valence-electron chi connectivity index (χ4n) is 2.92. The Morgan fingerprint density at radius 3 is 2.33 bits per heavy atom. The molecule has 1 saturated carbocycles. The summed E-state index contributed by atoms with van der Waals surface area (Å²) in [7, 11) is 0. The lowest BCUT2D eigenvalue weighted by Gasteiger charge is -2.26. The van der Waals surface area contributed by atoms with E-state index in [4.69, 9.17) is 5.11 Å². The van der Waals surface area contributed by atoms with Gasteiger partial charge in [-0.2, -0.15) is 0 Å². The van der Waals surface area contributed by atoms with Gasteiger partial charge in [0.15, 0.2) is 0 Å². The highest BCUT2D eigenvalue weighted by atomic mass is 35.5. The fraction of sp³-hybridized carbons (Fsp3) is 0.909. The lowest BCUT2D eigenvalue weighted by atomic mass is 9.79. The summed E-state index contributed by atoms with van der Waals surface area (Å²) in [4.78, 5) is 10.8. The number of carboxylic acids is 1. The predicted octanol–water partition coefficient (Wildman–Crippen LogP) is 2.05. The largest absolute Gasteiger partial charge is 0.480 e. The van der Waals surface area contributed by atoms with Crippen LogP contribution in [0.1, 0.15) is 38.5 Å². The molecular formula is C11H20ClNO2. The van der Waals surface area contributed by atoms with Crippen molar-refractivity contribution in [2.24, 2.45) is 11.8 Å². The van der Waals surface area contributed by atoms with Crippen molar-refractivity contribution in [1.29, 1.82) is 0 Å². The van der Waals surface area contributed by atoms with Gasteiger partial charge in [-0.05, 0) is 24.8 Å². The standard InChI is InChI=1S/C11H19NO2.ClH/c13-11(14)10-6-9(7-12-10)8-4-2-1-3-5-8;/h8-10,12H,1-7H2,(H,13,14);1H. The van der Waals surface area contributed by atoms with Gasteiger partial charge in [0.2, 0.25) is 0 Å². The minimum absolute atomic E-state index is 0. The first-order valence-electron chi connectivity index (χ1n) is 5.73. The van der Waals surface area contributed by atoms with Gasteiger partial charge in [-0.3, -0.25) is 4.79 Å². The van der Waals surface area contributed by atoms with Gasteiger partial charge >= 0.3 is 5.97 Å². The lowest BCUT2D eigenvalue weighted by Crippen LogP contribution is -2.29. The van der Waals surface area contributed by atoms with E-state index < -0.39 is 5.97 Å². The van der Waals surface area contributed by atoms with Crippen molar-refractivity contribution >= 4 is 18.4 Å². The Morgan fingerprint density at radius 2 is 1.80 bits per heavy atom. The number of hydrogen-bond acceptors (Lipinski definition) is 2. The smallest absolute Gasteiger partial charge is 0.320 e. The van der Waals surface area contributed by atoms with E-state index in [0.29, 0.717) is 5.92 Å². The molecule has 0 radical (unpaired) electrons. The SMILES string of the molecule is Cl.O=C(O)C1CC(C2CCCCC2)CN1. The number of hydrogen-bond donors (Lipinski definition) is 2. The molecule has 2 atom stereocenters. The number of carboxylic acid groups (broad SMARTS) is 1. The second-order valence-electron chi connectivity index (χ2n) is 4.69. The Hall–Kier alpha value is -0.280. The molecule has 1 heterocycles. The Balaban J connectivity index is 0.00000112. The number of rotatable bonds is 2. The maximum absolute atomic E-state index is 10.8.